The molecular weight excluding hydrogens is 414 g/mol. The van der Waals surface area contributed by atoms with Gasteiger partial charge in [0.1, 0.15) is 23.5 Å². The first-order valence-electron chi connectivity index (χ1n) is 11.3. The molecule has 5 rings (SSSR count). The third-order valence-electron chi connectivity index (χ3n) is 6.64. The van der Waals surface area contributed by atoms with Crippen LogP contribution in [0.25, 0.3) is 22.8 Å². The lowest BCUT2D eigenvalue weighted by molar-refractivity contribution is 0.0792. The smallest absolute Gasteiger partial charge is 0.247 e. The monoisotopic (exact) mass is 443 g/mol. The third-order valence-corrected chi connectivity index (χ3v) is 6.64. The average molecular weight is 444 g/mol. The van der Waals surface area contributed by atoms with E-state index in [2.05, 4.69) is 34.6 Å². The zero-order valence-electron chi connectivity index (χ0n) is 19.3. The van der Waals surface area contributed by atoms with E-state index in [1.807, 2.05) is 43.0 Å². The van der Waals surface area contributed by atoms with Gasteiger partial charge >= 0.3 is 0 Å². The minimum Gasteiger partial charge on any atom is -0.443 e. The van der Waals surface area contributed by atoms with E-state index in [-0.39, 0.29) is 5.41 Å². The highest BCUT2D eigenvalue weighted by Gasteiger charge is 2.38. The maximum absolute atomic E-state index is 5.79. The van der Waals surface area contributed by atoms with Gasteiger partial charge < -0.3 is 14.5 Å². The van der Waals surface area contributed by atoms with E-state index >= 15 is 0 Å². The van der Waals surface area contributed by atoms with E-state index in [9.17, 15) is 0 Å². The van der Waals surface area contributed by atoms with Crippen LogP contribution in [0.2, 0.25) is 0 Å². The average Bonchev–Trinajstić information content (AvgIpc) is 3.44. The Morgan fingerprint density at radius 3 is 2.58 bits per heavy atom. The summed E-state index contributed by atoms with van der Waals surface area (Å²) >= 11 is 0. The summed E-state index contributed by atoms with van der Waals surface area (Å²) in [5.41, 5.74) is 6.21. The highest BCUT2D eigenvalue weighted by molar-refractivity contribution is 5.62. The Bertz CT molecular complexity index is 1220. The van der Waals surface area contributed by atoms with Gasteiger partial charge in [-0.05, 0) is 43.0 Å². The number of hydrogen-bond donors (Lipinski definition) is 1. The van der Waals surface area contributed by atoms with Gasteiger partial charge in [0, 0.05) is 37.0 Å². The molecule has 1 N–H and O–H groups in total. The summed E-state index contributed by atoms with van der Waals surface area (Å²) in [6, 6.07) is 14.7. The molecule has 1 saturated carbocycles. The third kappa shape index (κ3) is 4.16. The quantitative estimate of drug-likeness (QED) is 0.410. The van der Waals surface area contributed by atoms with E-state index in [1.54, 1.807) is 13.4 Å². The van der Waals surface area contributed by atoms with Crippen LogP contribution >= 0.6 is 0 Å². The SMILES string of the molecule is CNc1ccc(Cn2nc(-c3nc(-c4ccc(C5(COC)CCC5)cc4)co3)cc2C)cn1. The van der Waals surface area contributed by atoms with Crippen LogP contribution in [-0.2, 0) is 16.7 Å². The van der Waals surface area contributed by atoms with Crippen LogP contribution < -0.4 is 5.32 Å². The molecule has 1 aliphatic rings. The first-order valence-corrected chi connectivity index (χ1v) is 11.3. The summed E-state index contributed by atoms with van der Waals surface area (Å²) in [7, 11) is 3.64. The van der Waals surface area contributed by atoms with Gasteiger partial charge in [-0.25, -0.2) is 9.97 Å². The predicted molar refractivity (Wildman–Crippen MR) is 128 cm³/mol. The van der Waals surface area contributed by atoms with E-state index < -0.39 is 0 Å². The second kappa shape index (κ2) is 8.83. The van der Waals surface area contributed by atoms with Crippen molar-refractivity contribution in [2.45, 2.75) is 38.1 Å². The van der Waals surface area contributed by atoms with Crippen molar-refractivity contribution in [3.8, 4) is 22.8 Å². The number of ether oxygens (including phenoxy) is 1. The zero-order valence-corrected chi connectivity index (χ0v) is 19.3. The molecule has 0 unspecified atom stereocenters. The lowest BCUT2D eigenvalue weighted by Gasteiger charge is -2.42. The molecule has 7 heteroatoms. The first kappa shape index (κ1) is 21.4. The number of benzene rings is 1. The van der Waals surface area contributed by atoms with Gasteiger partial charge in [-0.3, -0.25) is 4.68 Å². The van der Waals surface area contributed by atoms with E-state index in [0.29, 0.717) is 12.4 Å². The van der Waals surface area contributed by atoms with Crippen molar-refractivity contribution in [1.29, 1.82) is 0 Å². The van der Waals surface area contributed by atoms with Crippen LogP contribution in [0, 0.1) is 6.92 Å². The number of rotatable bonds is 8. The van der Waals surface area contributed by atoms with Crippen molar-refractivity contribution in [3.05, 3.63) is 71.7 Å². The minimum absolute atomic E-state index is 0.176. The van der Waals surface area contributed by atoms with Crippen LogP contribution in [0.1, 0.15) is 36.1 Å². The van der Waals surface area contributed by atoms with Gasteiger partial charge in [-0.15, -0.1) is 0 Å². The van der Waals surface area contributed by atoms with Gasteiger partial charge in [-0.2, -0.15) is 5.10 Å². The molecule has 1 aliphatic carbocycles. The van der Waals surface area contributed by atoms with Crippen molar-refractivity contribution < 1.29 is 9.15 Å². The molecule has 0 radical (unpaired) electrons. The molecule has 0 spiro atoms. The Labute approximate surface area is 193 Å². The molecule has 0 atom stereocenters. The van der Waals surface area contributed by atoms with Crippen molar-refractivity contribution in [1.82, 2.24) is 19.7 Å². The summed E-state index contributed by atoms with van der Waals surface area (Å²) in [5, 5.41) is 7.75. The van der Waals surface area contributed by atoms with E-state index in [4.69, 9.17) is 19.2 Å². The second-order valence-electron chi connectivity index (χ2n) is 8.81. The van der Waals surface area contributed by atoms with Gasteiger partial charge in [0.2, 0.25) is 5.89 Å². The molecule has 3 aromatic heterocycles. The fourth-order valence-corrected chi connectivity index (χ4v) is 4.53. The van der Waals surface area contributed by atoms with Crippen molar-refractivity contribution in [3.63, 3.8) is 0 Å². The molecular formula is C26H29N5O2. The minimum atomic E-state index is 0.176. The van der Waals surface area contributed by atoms with Gasteiger partial charge in [0.15, 0.2) is 0 Å². The molecule has 1 fully saturated rings. The van der Waals surface area contributed by atoms with Gasteiger partial charge in [0.05, 0.1) is 13.2 Å². The fourth-order valence-electron chi connectivity index (χ4n) is 4.53. The molecule has 33 heavy (non-hydrogen) atoms. The molecule has 170 valence electrons. The lowest BCUT2D eigenvalue weighted by Crippen LogP contribution is -2.38. The molecule has 0 bridgehead atoms. The van der Waals surface area contributed by atoms with Crippen molar-refractivity contribution in [2.75, 3.05) is 26.1 Å². The highest BCUT2D eigenvalue weighted by Crippen LogP contribution is 2.44. The number of nitrogens with one attached hydrogen (secondary N) is 1. The summed E-state index contributed by atoms with van der Waals surface area (Å²) in [4.78, 5) is 9.08. The standard InChI is InChI=1S/C26H29N5O2/c1-18-13-22(30-31(18)15-19-5-10-24(27-2)28-14-19)25-29-23(16-33-25)20-6-8-21(9-7-20)26(17-32-3)11-4-12-26/h5-10,13-14,16H,4,11-12,15,17H2,1-3H3,(H,27,28). The molecule has 0 saturated heterocycles. The van der Waals surface area contributed by atoms with Crippen molar-refractivity contribution >= 4 is 5.82 Å². The summed E-state index contributed by atoms with van der Waals surface area (Å²) in [6.07, 6.45) is 7.20. The normalized spacial score (nSPS) is 14.8. The number of anilines is 1. The molecule has 0 amide bonds. The molecule has 0 aliphatic heterocycles. The second-order valence-corrected chi connectivity index (χ2v) is 8.81. The highest BCUT2D eigenvalue weighted by atomic mass is 16.5. The number of oxazole rings is 1. The van der Waals surface area contributed by atoms with Crippen LogP contribution in [0.15, 0.2) is 59.3 Å². The number of aromatic nitrogens is 4. The van der Waals surface area contributed by atoms with Crippen molar-refractivity contribution in [2.24, 2.45) is 0 Å². The Morgan fingerprint density at radius 2 is 1.94 bits per heavy atom. The van der Waals surface area contributed by atoms with Crippen LogP contribution in [0.4, 0.5) is 5.82 Å². The van der Waals surface area contributed by atoms with Crippen LogP contribution in [0.5, 0.6) is 0 Å². The number of aryl methyl sites for hydroxylation is 1. The Kier molecular flexibility index (Phi) is 5.72. The maximum Gasteiger partial charge on any atom is 0.247 e. The van der Waals surface area contributed by atoms with E-state index in [1.165, 1.54) is 24.8 Å². The molecule has 4 aromatic rings. The fraction of sp³-hybridized carbons (Fsp3) is 0.346. The topological polar surface area (TPSA) is 78.0 Å². The summed E-state index contributed by atoms with van der Waals surface area (Å²) < 4.78 is 13.2. The summed E-state index contributed by atoms with van der Waals surface area (Å²) in [6.45, 7) is 3.45. The number of pyridine rings is 1. The Morgan fingerprint density at radius 1 is 1.12 bits per heavy atom. The van der Waals surface area contributed by atoms with Crippen LogP contribution in [-0.4, -0.2) is 40.5 Å². The Hall–Kier alpha value is -3.45. The largest absolute Gasteiger partial charge is 0.443 e. The number of methoxy groups -OCH3 is 1. The number of nitrogens with zero attached hydrogens (tertiary/aromatic N) is 4. The number of hydrogen-bond acceptors (Lipinski definition) is 6. The predicted octanol–water partition coefficient (Wildman–Crippen LogP) is 5.07. The van der Waals surface area contributed by atoms with E-state index in [0.717, 1.165) is 40.6 Å². The maximum atomic E-state index is 5.79. The van der Waals surface area contributed by atoms with Gasteiger partial charge in [0.25, 0.3) is 0 Å². The lowest BCUT2D eigenvalue weighted by atomic mass is 9.65. The molecule has 1 aromatic carbocycles. The summed E-state index contributed by atoms with van der Waals surface area (Å²) in [5.74, 6) is 1.37. The molecule has 3 heterocycles. The first-order chi connectivity index (χ1) is 16.1. The molecule has 7 nitrogen and oxygen atoms in total. The van der Waals surface area contributed by atoms with Crippen LogP contribution in [0.3, 0.4) is 0 Å². The van der Waals surface area contributed by atoms with Gasteiger partial charge in [-0.1, -0.05) is 36.8 Å². The Balaban J connectivity index is 1.33. The zero-order chi connectivity index (χ0) is 22.8.